The normalized spacial score (nSPS) is 16.2. The van der Waals surface area contributed by atoms with Gasteiger partial charge >= 0.3 is 0 Å². The van der Waals surface area contributed by atoms with Gasteiger partial charge in [-0.25, -0.2) is 22.0 Å². The summed E-state index contributed by atoms with van der Waals surface area (Å²) in [6, 6.07) is 17.1. The van der Waals surface area contributed by atoms with E-state index in [1.807, 2.05) is 42.5 Å². The second-order valence-corrected chi connectivity index (χ2v) is 17.3. The summed E-state index contributed by atoms with van der Waals surface area (Å²) in [5.74, 6) is -9.51. The molecule has 7 heteroatoms. The zero-order chi connectivity index (χ0) is 21.6. The Hall–Kier alpha value is -2.30. The molecule has 0 nitrogen and oxygen atoms in total. The first-order chi connectivity index (χ1) is 14.2. The largest absolute Gasteiger partial charge is 0.203 e. The third-order valence-electron chi connectivity index (χ3n) is 5.39. The van der Waals surface area contributed by atoms with Crippen LogP contribution in [0.1, 0.15) is 22.2 Å². The monoisotopic (exact) mass is 448 g/mol. The van der Waals surface area contributed by atoms with Gasteiger partial charge in [0.1, 0.15) is 0 Å². The fourth-order valence-corrected chi connectivity index (χ4v) is 11.5. The summed E-state index contributed by atoms with van der Waals surface area (Å²) in [5.41, 5.74) is 0.576. The molecule has 154 valence electrons. The van der Waals surface area contributed by atoms with Gasteiger partial charge in [0.25, 0.3) is 0 Å². The van der Waals surface area contributed by atoms with Crippen molar-refractivity contribution >= 4 is 32.8 Å². The van der Waals surface area contributed by atoms with Crippen LogP contribution in [0.5, 0.6) is 0 Å². The molecule has 0 aromatic heterocycles. The molecule has 0 fully saturated rings. The van der Waals surface area contributed by atoms with Crippen molar-refractivity contribution in [3.05, 3.63) is 100 Å². The van der Waals surface area contributed by atoms with E-state index in [1.165, 1.54) is 0 Å². The van der Waals surface area contributed by atoms with E-state index in [1.54, 1.807) is 18.2 Å². The van der Waals surface area contributed by atoms with Gasteiger partial charge in [0, 0.05) is 5.54 Å². The van der Waals surface area contributed by atoms with Gasteiger partial charge in [0.05, 0.1) is 13.3 Å². The number of halogens is 5. The summed E-state index contributed by atoms with van der Waals surface area (Å²) in [7, 11) is -1.93. The molecular weight excluding hydrogens is 430 g/mol. The highest BCUT2D eigenvalue weighted by atomic mass is 31.3. The zero-order valence-electron chi connectivity index (χ0n) is 16.2. The number of rotatable bonds is 4. The van der Waals surface area contributed by atoms with Gasteiger partial charge in [0.2, 0.25) is 5.82 Å². The van der Waals surface area contributed by atoms with Gasteiger partial charge in [0.15, 0.2) is 23.3 Å². The Bertz CT molecular complexity index is 1130. The number of benzene rings is 3. The summed E-state index contributed by atoms with van der Waals surface area (Å²) in [5, 5.41) is 1.11. The smallest absolute Gasteiger partial charge is 0.200 e. The second-order valence-electron chi connectivity index (χ2n) is 7.82. The topological polar surface area (TPSA) is 0 Å². The lowest BCUT2D eigenvalue weighted by molar-refractivity contribution is 0.376. The lowest BCUT2D eigenvalue weighted by atomic mass is 10.0. The van der Waals surface area contributed by atoms with Crippen molar-refractivity contribution in [1.29, 1.82) is 0 Å². The zero-order valence-corrected chi connectivity index (χ0v) is 18.2. The highest BCUT2D eigenvalue weighted by molar-refractivity contribution is 7.87. The van der Waals surface area contributed by atoms with Crippen molar-refractivity contribution in [1.82, 2.24) is 0 Å². The Balaban J connectivity index is 1.90. The molecule has 0 radical (unpaired) electrons. The van der Waals surface area contributed by atoms with Crippen molar-refractivity contribution in [3.8, 4) is 0 Å². The van der Waals surface area contributed by atoms with E-state index >= 15 is 0 Å². The Morgan fingerprint density at radius 3 is 1.87 bits per heavy atom. The second kappa shape index (κ2) is 7.75. The highest BCUT2D eigenvalue weighted by Crippen LogP contribution is 2.53. The molecule has 0 amide bonds. The Morgan fingerprint density at radius 2 is 1.23 bits per heavy atom. The average molecular weight is 448 g/mol. The van der Waals surface area contributed by atoms with Gasteiger partial charge in [-0.3, -0.25) is 0 Å². The maximum Gasteiger partial charge on any atom is 0.200 e. The predicted molar refractivity (Wildman–Crippen MR) is 115 cm³/mol. The Labute approximate surface area is 174 Å². The van der Waals surface area contributed by atoms with E-state index in [9.17, 15) is 22.0 Å². The lowest BCUT2D eigenvalue weighted by Crippen LogP contribution is -2.33. The van der Waals surface area contributed by atoms with Gasteiger partial charge in [-0.15, -0.1) is 8.13 Å². The molecule has 2 unspecified atom stereocenters. The Morgan fingerprint density at radius 1 is 0.700 bits per heavy atom. The molecular formula is C23H18F5PSi. The third kappa shape index (κ3) is 3.42. The standard InChI is InChI=1S/C23H18F5PSi/c1-30(2,29-14-9-4-3-5-10-14)23-15-11-7-6-8-13(15)12-16(23)17-18(24)20(26)22(28)21(27)19(17)25/h3-12,23,29H,1-2H3. The first-order valence-corrected chi connectivity index (χ1v) is 14.5. The SMILES string of the molecule is C[Si](C)(Pc1ccccc1)C1C(c2c(F)c(F)c(F)c(F)c2F)=Cc2ccccc21. The van der Waals surface area contributed by atoms with Crippen LogP contribution in [-0.2, 0) is 0 Å². The molecule has 3 aromatic rings. The maximum absolute atomic E-state index is 14.7. The molecule has 0 saturated carbocycles. The van der Waals surface area contributed by atoms with Gasteiger partial charge in [-0.1, -0.05) is 73.8 Å². The molecule has 0 bridgehead atoms. The van der Waals surface area contributed by atoms with Crippen molar-refractivity contribution in [3.63, 3.8) is 0 Å². The first-order valence-electron chi connectivity index (χ1n) is 9.38. The summed E-state index contributed by atoms with van der Waals surface area (Å²) < 4.78 is 71.0. The van der Waals surface area contributed by atoms with Crippen molar-refractivity contribution in [2.75, 3.05) is 0 Å². The molecule has 0 N–H and O–H groups in total. The molecule has 0 aliphatic heterocycles. The number of fused-ring (bicyclic) bond motifs is 1. The van der Waals surface area contributed by atoms with Crippen LogP contribution in [0.25, 0.3) is 11.6 Å². The number of hydrogen-bond acceptors (Lipinski definition) is 0. The molecule has 3 aromatic carbocycles. The van der Waals surface area contributed by atoms with Crippen LogP contribution in [0, 0.1) is 29.1 Å². The van der Waals surface area contributed by atoms with Crippen LogP contribution in [0.2, 0.25) is 13.1 Å². The van der Waals surface area contributed by atoms with Crippen molar-refractivity contribution in [2.24, 2.45) is 0 Å². The fraction of sp³-hybridized carbons (Fsp3) is 0.130. The minimum absolute atomic E-state index is 0.170. The van der Waals surface area contributed by atoms with Gasteiger partial charge in [-0.2, -0.15) is 0 Å². The molecule has 0 spiro atoms. The first kappa shape index (κ1) is 20.9. The van der Waals surface area contributed by atoms with Crippen LogP contribution < -0.4 is 5.30 Å². The van der Waals surface area contributed by atoms with Crippen LogP contribution in [0.3, 0.4) is 0 Å². The number of hydrogen-bond donors (Lipinski definition) is 0. The maximum atomic E-state index is 14.7. The van der Waals surface area contributed by atoms with Crippen LogP contribution in [-0.4, -0.2) is 7.74 Å². The van der Waals surface area contributed by atoms with Crippen LogP contribution in [0.15, 0.2) is 54.6 Å². The lowest BCUT2D eigenvalue weighted by Gasteiger charge is -2.33. The quantitative estimate of drug-likeness (QED) is 0.136. The molecule has 1 aliphatic carbocycles. The number of allylic oxidation sites excluding steroid dienone is 1. The summed E-state index contributed by atoms with van der Waals surface area (Å²) in [4.78, 5) is 0. The average Bonchev–Trinajstić information content (AvgIpc) is 3.11. The van der Waals surface area contributed by atoms with Gasteiger partial charge < -0.3 is 0 Å². The van der Waals surface area contributed by atoms with Gasteiger partial charge in [-0.05, 0) is 22.0 Å². The van der Waals surface area contributed by atoms with E-state index in [0.29, 0.717) is 8.13 Å². The van der Waals surface area contributed by atoms with Crippen molar-refractivity contribution < 1.29 is 22.0 Å². The third-order valence-corrected chi connectivity index (χ3v) is 12.4. The molecule has 0 heterocycles. The summed E-state index contributed by atoms with van der Waals surface area (Å²) in [6.45, 7) is 4.18. The molecule has 2 atom stereocenters. The van der Waals surface area contributed by atoms with E-state index in [2.05, 4.69) is 13.1 Å². The Kier molecular flexibility index (Phi) is 5.41. The molecule has 1 aliphatic rings. The minimum atomic E-state index is -2.31. The molecule has 0 saturated heterocycles. The van der Waals surface area contributed by atoms with Crippen molar-refractivity contribution in [2.45, 2.75) is 18.6 Å². The minimum Gasteiger partial charge on any atom is -0.203 e. The molecule has 30 heavy (non-hydrogen) atoms. The van der Waals surface area contributed by atoms with Crippen LogP contribution in [0.4, 0.5) is 22.0 Å². The molecule has 4 rings (SSSR count). The fourth-order valence-electron chi connectivity index (χ4n) is 4.14. The van der Waals surface area contributed by atoms with E-state index in [-0.39, 0.29) is 5.57 Å². The summed E-state index contributed by atoms with van der Waals surface area (Å²) in [6.07, 6.45) is 1.57. The predicted octanol–water partition coefficient (Wildman–Crippen LogP) is 6.77. The summed E-state index contributed by atoms with van der Waals surface area (Å²) >= 11 is 0. The van der Waals surface area contributed by atoms with E-state index in [4.69, 9.17) is 0 Å². The van der Waals surface area contributed by atoms with Crippen LogP contribution >= 0.6 is 8.13 Å². The van der Waals surface area contributed by atoms with E-state index < -0.39 is 47.9 Å². The van der Waals surface area contributed by atoms with E-state index in [0.717, 1.165) is 16.4 Å². The highest BCUT2D eigenvalue weighted by Gasteiger charge is 2.43.